The summed E-state index contributed by atoms with van der Waals surface area (Å²) in [7, 11) is 0. The van der Waals surface area contributed by atoms with Crippen LogP contribution in [0.5, 0.6) is 0 Å². The van der Waals surface area contributed by atoms with Crippen molar-refractivity contribution < 1.29 is 9.53 Å². The first-order valence-corrected chi connectivity index (χ1v) is 6.33. The third-order valence-corrected chi connectivity index (χ3v) is 2.76. The van der Waals surface area contributed by atoms with E-state index in [0.29, 0.717) is 23.7 Å². The van der Waals surface area contributed by atoms with Gasteiger partial charge in [-0.25, -0.2) is 14.5 Å². The molecule has 0 unspecified atom stereocenters. The van der Waals surface area contributed by atoms with E-state index in [1.54, 1.807) is 30.1 Å². The third-order valence-electron chi connectivity index (χ3n) is 2.20. The van der Waals surface area contributed by atoms with E-state index in [0.717, 1.165) is 3.57 Å². The molecule has 6 nitrogen and oxygen atoms in total. The largest absolute Gasteiger partial charge is 0.462 e. The lowest BCUT2D eigenvalue weighted by atomic mass is 10.2. The van der Waals surface area contributed by atoms with Crippen LogP contribution in [0, 0.1) is 3.57 Å². The molecule has 7 heteroatoms. The van der Waals surface area contributed by atoms with E-state index in [4.69, 9.17) is 10.5 Å². The van der Waals surface area contributed by atoms with Gasteiger partial charge in [-0.15, -0.1) is 0 Å². The van der Waals surface area contributed by atoms with Gasteiger partial charge in [0.05, 0.1) is 33.8 Å². The molecule has 0 saturated carbocycles. The van der Waals surface area contributed by atoms with E-state index in [-0.39, 0.29) is 0 Å². The average Bonchev–Trinajstić information content (AvgIpc) is 2.77. The number of rotatable bonds is 3. The Bertz CT molecular complexity index is 582. The zero-order chi connectivity index (χ0) is 13.1. The van der Waals surface area contributed by atoms with Gasteiger partial charge in [-0.2, -0.15) is 5.10 Å². The lowest BCUT2D eigenvalue weighted by Gasteiger charge is -2.07. The number of nitrogen functional groups attached to an aromatic ring is 1. The van der Waals surface area contributed by atoms with Crippen molar-refractivity contribution in [2.24, 2.45) is 0 Å². The maximum Gasteiger partial charge on any atom is 0.340 e. The summed E-state index contributed by atoms with van der Waals surface area (Å²) in [5.41, 5.74) is 6.30. The van der Waals surface area contributed by atoms with E-state index >= 15 is 0 Å². The molecule has 0 saturated heterocycles. The van der Waals surface area contributed by atoms with Crippen molar-refractivity contribution in [3.05, 3.63) is 33.8 Å². The smallest absolute Gasteiger partial charge is 0.340 e. The molecule has 0 aliphatic rings. The highest BCUT2D eigenvalue weighted by Crippen LogP contribution is 2.16. The van der Waals surface area contributed by atoms with Crippen molar-refractivity contribution in [1.29, 1.82) is 0 Å². The first-order valence-electron chi connectivity index (χ1n) is 5.25. The van der Waals surface area contributed by atoms with Gasteiger partial charge in [-0.1, -0.05) is 0 Å². The number of nitrogens with two attached hydrogens (primary N) is 1. The Morgan fingerprint density at radius 3 is 2.94 bits per heavy atom. The quantitative estimate of drug-likeness (QED) is 0.666. The second-order valence-corrected chi connectivity index (χ2v) is 4.70. The highest BCUT2D eigenvalue weighted by molar-refractivity contribution is 14.1. The van der Waals surface area contributed by atoms with Gasteiger partial charge in [0, 0.05) is 6.20 Å². The number of hydrogen-bond acceptors (Lipinski definition) is 5. The van der Waals surface area contributed by atoms with Crippen LogP contribution < -0.4 is 5.73 Å². The van der Waals surface area contributed by atoms with Crippen molar-refractivity contribution in [3.63, 3.8) is 0 Å². The zero-order valence-electron chi connectivity index (χ0n) is 9.63. The molecule has 18 heavy (non-hydrogen) atoms. The number of carbonyl (C=O) groups is 1. The van der Waals surface area contributed by atoms with Crippen LogP contribution in [0.3, 0.4) is 0 Å². The zero-order valence-corrected chi connectivity index (χ0v) is 11.8. The number of nitrogens with zero attached hydrogens (tertiary/aromatic N) is 3. The number of pyridine rings is 1. The lowest BCUT2D eigenvalue weighted by Crippen LogP contribution is -2.10. The van der Waals surface area contributed by atoms with Crippen LogP contribution in [0.2, 0.25) is 0 Å². The third kappa shape index (κ3) is 2.61. The second kappa shape index (κ2) is 5.34. The minimum Gasteiger partial charge on any atom is -0.462 e. The molecule has 0 bridgehead atoms. The van der Waals surface area contributed by atoms with Gasteiger partial charge in [0.15, 0.2) is 5.82 Å². The molecule has 2 heterocycles. The predicted molar refractivity (Wildman–Crippen MR) is 74.4 cm³/mol. The molecule has 0 aromatic carbocycles. The van der Waals surface area contributed by atoms with Crippen molar-refractivity contribution in [3.8, 4) is 5.82 Å². The van der Waals surface area contributed by atoms with Gasteiger partial charge >= 0.3 is 5.97 Å². The molecule has 0 spiro atoms. The van der Waals surface area contributed by atoms with Gasteiger partial charge < -0.3 is 10.5 Å². The highest BCUT2D eigenvalue weighted by atomic mass is 127. The van der Waals surface area contributed by atoms with E-state index in [1.165, 1.54) is 6.20 Å². The normalized spacial score (nSPS) is 10.3. The van der Waals surface area contributed by atoms with Crippen molar-refractivity contribution >= 4 is 34.2 Å². The molecule has 0 fully saturated rings. The number of ether oxygens (including phenoxy) is 1. The fraction of sp³-hybridized carbons (Fsp3) is 0.182. The number of halogens is 1. The average molecular weight is 358 g/mol. The van der Waals surface area contributed by atoms with Gasteiger partial charge in [0.25, 0.3) is 0 Å². The summed E-state index contributed by atoms with van der Waals surface area (Å²) in [6, 6.07) is 1.57. The van der Waals surface area contributed by atoms with Crippen LogP contribution in [0.4, 0.5) is 5.69 Å². The fourth-order valence-corrected chi connectivity index (χ4v) is 1.78. The summed E-state index contributed by atoms with van der Waals surface area (Å²) < 4.78 is 7.48. The Morgan fingerprint density at radius 1 is 1.56 bits per heavy atom. The van der Waals surface area contributed by atoms with E-state index in [2.05, 4.69) is 32.7 Å². The molecule has 0 radical (unpaired) electrons. The Labute approximate surface area is 117 Å². The predicted octanol–water partition coefficient (Wildman–Crippen LogP) is 1.63. The Kier molecular flexibility index (Phi) is 3.80. The van der Waals surface area contributed by atoms with E-state index in [1.807, 2.05) is 0 Å². The summed E-state index contributed by atoms with van der Waals surface area (Å²) in [6.45, 7) is 2.04. The van der Waals surface area contributed by atoms with Crippen molar-refractivity contribution in [2.45, 2.75) is 6.92 Å². The number of hydrogen-bond donors (Lipinski definition) is 1. The van der Waals surface area contributed by atoms with Crippen LogP contribution in [0.15, 0.2) is 24.7 Å². The van der Waals surface area contributed by atoms with Crippen LogP contribution >= 0.6 is 22.6 Å². The van der Waals surface area contributed by atoms with E-state index in [9.17, 15) is 4.79 Å². The Morgan fingerprint density at radius 2 is 2.33 bits per heavy atom. The van der Waals surface area contributed by atoms with Crippen molar-refractivity contribution in [2.75, 3.05) is 12.3 Å². The molecule has 2 rings (SSSR count). The number of anilines is 1. The lowest BCUT2D eigenvalue weighted by molar-refractivity contribution is 0.0527. The number of esters is 1. The van der Waals surface area contributed by atoms with Gasteiger partial charge in [-0.05, 0) is 35.6 Å². The summed E-state index contributed by atoms with van der Waals surface area (Å²) in [5.74, 6) is 0.0654. The van der Waals surface area contributed by atoms with Crippen LogP contribution in [-0.2, 0) is 4.74 Å². The van der Waals surface area contributed by atoms with Gasteiger partial charge in [0.2, 0.25) is 0 Å². The molecule has 94 valence electrons. The summed E-state index contributed by atoms with van der Waals surface area (Å²) in [4.78, 5) is 15.8. The monoisotopic (exact) mass is 358 g/mol. The standard InChI is InChI=1S/C11H11IN4O2/c1-2-18-11(17)8-3-10(14-5-9(8)13)16-6-7(12)4-15-16/h3-6H,2,13H2,1H3. The summed E-state index contributed by atoms with van der Waals surface area (Å²) in [5, 5.41) is 4.12. The number of aromatic nitrogens is 3. The SMILES string of the molecule is CCOC(=O)c1cc(-n2cc(I)cn2)ncc1N. The van der Waals surface area contributed by atoms with E-state index < -0.39 is 5.97 Å². The molecule has 2 aromatic heterocycles. The topological polar surface area (TPSA) is 83.0 Å². The molecule has 2 N–H and O–H groups in total. The van der Waals surface area contributed by atoms with Crippen molar-refractivity contribution in [1.82, 2.24) is 14.8 Å². The minimum atomic E-state index is -0.458. The molecule has 0 aliphatic heterocycles. The van der Waals surface area contributed by atoms with Crippen LogP contribution in [0.1, 0.15) is 17.3 Å². The van der Waals surface area contributed by atoms with Gasteiger partial charge in [0.1, 0.15) is 0 Å². The second-order valence-electron chi connectivity index (χ2n) is 3.45. The maximum absolute atomic E-state index is 11.7. The van der Waals surface area contributed by atoms with Crippen LogP contribution in [0.25, 0.3) is 5.82 Å². The molecule has 2 aromatic rings. The Balaban J connectivity index is 2.40. The minimum absolute atomic E-state index is 0.291. The summed E-state index contributed by atoms with van der Waals surface area (Å²) in [6.07, 6.45) is 4.92. The molecule has 0 amide bonds. The number of carbonyl (C=O) groups excluding carboxylic acids is 1. The molecule has 0 atom stereocenters. The Hall–Kier alpha value is -1.64. The molecular formula is C11H11IN4O2. The highest BCUT2D eigenvalue weighted by Gasteiger charge is 2.13. The maximum atomic E-state index is 11.7. The molecular weight excluding hydrogens is 347 g/mol. The first-order chi connectivity index (χ1) is 8.61. The van der Waals surface area contributed by atoms with Crippen LogP contribution in [-0.4, -0.2) is 27.3 Å². The van der Waals surface area contributed by atoms with Gasteiger partial charge in [-0.3, -0.25) is 0 Å². The summed E-state index contributed by atoms with van der Waals surface area (Å²) >= 11 is 2.14. The fourth-order valence-electron chi connectivity index (χ4n) is 1.39. The molecule has 0 aliphatic carbocycles. The first kappa shape index (κ1) is 12.8.